The molecule has 6 nitrogen and oxygen atoms in total. The van der Waals surface area contributed by atoms with E-state index in [2.05, 4.69) is 15.0 Å². The molecular weight excluding hydrogens is 304 g/mol. The molecule has 3 heterocycles. The Hall–Kier alpha value is -1.92. The van der Waals surface area contributed by atoms with Crippen LogP contribution in [0.15, 0.2) is 28.8 Å². The van der Waals surface area contributed by atoms with Crippen molar-refractivity contribution in [2.45, 2.75) is 37.7 Å². The summed E-state index contributed by atoms with van der Waals surface area (Å²) in [4.78, 5) is 7.10. The molecule has 24 heavy (non-hydrogen) atoms. The molecule has 0 aliphatic carbocycles. The van der Waals surface area contributed by atoms with Gasteiger partial charge in [-0.05, 0) is 57.0 Å². The minimum Gasteiger partial charge on any atom is -0.399 e. The van der Waals surface area contributed by atoms with Crippen molar-refractivity contribution in [3.8, 4) is 11.5 Å². The molecule has 6 heteroatoms. The predicted molar refractivity (Wildman–Crippen MR) is 91.5 cm³/mol. The molecule has 0 amide bonds. The van der Waals surface area contributed by atoms with Gasteiger partial charge in [0.05, 0.1) is 6.10 Å². The SMILES string of the molecule is Nc1cccc(-c2nc(C3CCN(CC4CCCO4)CC3)no2)c1. The monoisotopic (exact) mass is 328 g/mol. The number of hydrogen-bond donors (Lipinski definition) is 1. The van der Waals surface area contributed by atoms with Crippen LogP contribution in [0.5, 0.6) is 0 Å². The Morgan fingerprint density at radius 1 is 1.21 bits per heavy atom. The van der Waals surface area contributed by atoms with Gasteiger partial charge in [-0.2, -0.15) is 4.98 Å². The maximum atomic E-state index is 5.82. The zero-order valence-electron chi connectivity index (χ0n) is 13.9. The molecule has 2 fully saturated rings. The highest BCUT2D eigenvalue weighted by Crippen LogP contribution is 2.29. The molecule has 0 spiro atoms. The van der Waals surface area contributed by atoms with E-state index in [0.717, 1.165) is 50.5 Å². The van der Waals surface area contributed by atoms with Crippen LogP contribution in [0.1, 0.15) is 37.4 Å². The zero-order valence-corrected chi connectivity index (χ0v) is 13.9. The third-order valence-electron chi connectivity index (χ3n) is 5.01. The summed E-state index contributed by atoms with van der Waals surface area (Å²) < 4.78 is 11.2. The van der Waals surface area contributed by atoms with E-state index in [-0.39, 0.29) is 0 Å². The Kier molecular flexibility index (Phi) is 4.49. The summed E-state index contributed by atoms with van der Waals surface area (Å²) in [6.07, 6.45) is 4.98. The van der Waals surface area contributed by atoms with Gasteiger partial charge in [0.1, 0.15) is 0 Å². The second-order valence-corrected chi connectivity index (χ2v) is 6.79. The van der Waals surface area contributed by atoms with E-state index in [4.69, 9.17) is 15.0 Å². The van der Waals surface area contributed by atoms with Crippen LogP contribution in [-0.2, 0) is 4.74 Å². The maximum absolute atomic E-state index is 5.82. The van der Waals surface area contributed by atoms with Crippen LogP contribution in [0.3, 0.4) is 0 Å². The van der Waals surface area contributed by atoms with Crippen LogP contribution >= 0.6 is 0 Å². The van der Waals surface area contributed by atoms with Gasteiger partial charge in [0.15, 0.2) is 5.82 Å². The van der Waals surface area contributed by atoms with Gasteiger partial charge < -0.3 is 19.9 Å². The Labute approximate surface area is 142 Å². The number of rotatable bonds is 4. The number of ether oxygens (including phenoxy) is 1. The van der Waals surface area contributed by atoms with Crippen molar-refractivity contribution >= 4 is 5.69 Å². The van der Waals surface area contributed by atoms with Crippen molar-refractivity contribution in [3.63, 3.8) is 0 Å². The molecule has 0 radical (unpaired) electrons. The number of benzene rings is 1. The third-order valence-corrected chi connectivity index (χ3v) is 5.01. The summed E-state index contributed by atoms with van der Waals surface area (Å²) >= 11 is 0. The van der Waals surface area contributed by atoms with Gasteiger partial charge >= 0.3 is 0 Å². The molecule has 2 saturated heterocycles. The molecule has 4 rings (SSSR count). The molecule has 1 aromatic heterocycles. The van der Waals surface area contributed by atoms with Gasteiger partial charge in [-0.25, -0.2) is 0 Å². The lowest BCUT2D eigenvalue weighted by atomic mass is 9.96. The summed E-state index contributed by atoms with van der Waals surface area (Å²) in [6, 6.07) is 7.56. The molecule has 2 N–H and O–H groups in total. The molecule has 2 aliphatic heterocycles. The van der Waals surface area contributed by atoms with Crippen molar-refractivity contribution in [2.24, 2.45) is 0 Å². The normalized spacial score (nSPS) is 22.9. The first-order valence-corrected chi connectivity index (χ1v) is 8.81. The molecule has 1 unspecified atom stereocenters. The van der Waals surface area contributed by atoms with E-state index in [0.29, 0.717) is 23.6 Å². The number of hydrogen-bond acceptors (Lipinski definition) is 6. The highest BCUT2D eigenvalue weighted by Gasteiger charge is 2.27. The minimum absolute atomic E-state index is 0.379. The van der Waals surface area contributed by atoms with E-state index in [9.17, 15) is 0 Å². The maximum Gasteiger partial charge on any atom is 0.258 e. The number of aromatic nitrogens is 2. The van der Waals surface area contributed by atoms with E-state index in [1.165, 1.54) is 12.8 Å². The Balaban J connectivity index is 1.36. The Morgan fingerprint density at radius 3 is 2.83 bits per heavy atom. The fraction of sp³-hybridized carbons (Fsp3) is 0.556. The number of anilines is 1. The summed E-state index contributed by atoms with van der Waals surface area (Å²) in [5.41, 5.74) is 7.40. The average molecular weight is 328 g/mol. The van der Waals surface area contributed by atoms with E-state index in [1.807, 2.05) is 24.3 Å². The molecule has 0 bridgehead atoms. The minimum atomic E-state index is 0.379. The quantitative estimate of drug-likeness (QED) is 0.870. The Morgan fingerprint density at radius 2 is 2.08 bits per heavy atom. The molecular formula is C18H24N4O2. The average Bonchev–Trinajstić information content (AvgIpc) is 3.27. The number of piperidine rings is 1. The number of nitrogen functional groups attached to an aromatic ring is 1. The van der Waals surface area contributed by atoms with Crippen molar-refractivity contribution in [1.82, 2.24) is 15.0 Å². The van der Waals surface area contributed by atoms with Crippen molar-refractivity contribution < 1.29 is 9.26 Å². The predicted octanol–water partition coefficient (Wildman–Crippen LogP) is 2.68. The lowest BCUT2D eigenvalue weighted by Gasteiger charge is -2.31. The topological polar surface area (TPSA) is 77.4 Å². The molecule has 1 aromatic carbocycles. The fourth-order valence-electron chi connectivity index (χ4n) is 3.64. The fourth-order valence-corrected chi connectivity index (χ4v) is 3.64. The number of nitrogens with two attached hydrogens (primary N) is 1. The van der Waals surface area contributed by atoms with Crippen LogP contribution in [0.4, 0.5) is 5.69 Å². The Bertz CT molecular complexity index is 673. The van der Waals surface area contributed by atoms with E-state index in [1.54, 1.807) is 0 Å². The standard InChI is InChI=1S/C18H24N4O2/c19-15-4-1-3-14(11-15)18-20-17(21-24-18)13-6-8-22(9-7-13)12-16-5-2-10-23-16/h1,3-4,11,13,16H,2,5-10,12,19H2. The van der Waals surface area contributed by atoms with Gasteiger partial charge in [-0.3, -0.25) is 0 Å². The molecule has 2 aliphatic rings. The zero-order chi connectivity index (χ0) is 16.4. The van der Waals surface area contributed by atoms with Gasteiger partial charge in [-0.15, -0.1) is 0 Å². The van der Waals surface area contributed by atoms with Crippen LogP contribution in [0.2, 0.25) is 0 Å². The molecule has 2 aromatic rings. The first-order valence-electron chi connectivity index (χ1n) is 8.81. The highest BCUT2D eigenvalue weighted by atomic mass is 16.5. The smallest absolute Gasteiger partial charge is 0.258 e. The lowest BCUT2D eigenvalue weighted by molar-refractivity contribution is 0.0639. The van der Waals surface area contributed by atoms with Gasteiger partial charge in [0, 0.05) is 30.3 Å². The first kappa shape index (κ1) is 15.6. The van der Waals surface area contributed by atoms with Crippen molar-refractivity contribution in [1.29, 1.82) is 0 Å². The largest absolute Gasteiger partial charge is 0.399 e. The van der Waals surface area contributed by atoms with Gasteiger partial charge in [0.25, 0.3) is 5.89 Å². The lowest BCUT2D eigenvalue weighted by Crippen LogP contribution is -2.38. The summed E-state index contributed by atoms with van der Waals surface area (Å²) in [6.45, 7) is 4.14. The first-order chi connectivity index (χ1) is 11.8. The van der Waals surface area contributed by atoms with Gasteiger partial charge in [-0.1, -0.05) is 11.2 Å². The van der Waals surface area contributed by atoms with Crippen LogP contribution < -0.4 is 5.73 Å². The molecule has 1 atom stereocenters. The highest BCUT2D eigenvalue weighted by molar-refractivity contribution is 5.59. The summed E-state index contributed by atoms with van der Waals surface area (Å²) in [5, 5.41) is 4.20. The van der Waals surface area contributed by atoms with Crippen molar-refractivity contribution in [2.75, 3.05) is 32.0 Å². The second-order valence-electron chi connectivity index (χ2n) is 6.79. The van der Waals surface area contributed by atoms with E-state index >= 15 is 0 Å². The molecule has 0 saturated carbocycles. The number of nitrogens with zero attached hydrogens (tertiary/aromatic N) is 3. The molecule has 128 valence electrons. The number of likely N-dealkylation sites (tertiary alicyclic amines) is 1. The summed E-state index contributed by atoms with van der Waals surface area (Å²) in [7, 11) is 0. The van der Waals surface area contributed by atoms with E-state index < -0.39 is 0 Å². The van der Waals surface area contributed by atoms with Crippen LogP contribution in [0, 0.1) is 0 Å². The third kappa shape index (κ3) is 3.44. The van der Waals surface area contributed by atoms with Crippen LogP contribution in [0.25, 0.3) is 11.5 Å². The van der Waals surface area contributed by atoms with Crippen LogP contribution in [-0.4, -0.2) is 47.4 Å². The van der Waals surface area contributed by atoms with Gasteiger partial charge in [0.2, 0.25) is 0 Å². The second kappa shape index (κ2) is 6.91. The summed E-state index contributed by atoms with van der Waals surface area (Å²) in [5.74, 6) is 1.76. The van der Waals surface area contributed by atoms with Crippen molar-refractivity contribution in [3.05, 3.63) is 30.1 Å².